The van der Waals surface area contributed by atoms with Gasteiger partial charge in [-0.15, -0.1) is 0 Å². The van der Waals surface area contributed by atoms with Gasteiger partial charge in [0.15, 0.2) is 12.4 Å². The van der Waals surface area contributed by atoms with Gasteiger partial charge in [0.05, 0.1) is 61.0 Å². The number of hydrogen-bond acceptors (Lipinski definition) is 23. The van der Waals surface area contributed by atoms with Gasteiger partial charge in [0.25, 0.3) is 20.2 Å². The van der Waals surface area contributed by atoms with Crippen LogP contribution in [0.1, 0.15) is 19.8 Å². The summed E-state index contributed by atoms with van der Waals surface area (Å²) in [6.45, 7) is -0.201. The van der Waals surface area contributed by atoms with E-state index in [4.69, 9.17) is 23.7 Å². The van der Waals surface area contributed by atoms with Crippen molar-refractivity contribution >= 4 is 73.4 Å². The third kappa shape index (κ3) is 17.1. The van der Waals surface area contributed by atoms with E-state index in [1.807, 2.05) is 0 Å². The molecule has 7 unspecified atom stereocenters. The van der Waals surface area contributed by atoms with Crippen LogP contribution >= 0.6 is 0 Å². The smallest absolute Gasteiger partial charge is 0.335 e. The number of nitrogens with one attached hydrogen (secondary N) is 4. The second-order valence-electron chi connectivity index (χ2n) is 16.1. The Labute approximate surface area is 391 Å². The number of ether oxygens (including phenoxy) is 5. The average Bonchev–Trinajstić information content (AvgIpc) is 3.13. The van der Waals surface area contributed by atoms with Crippen LogP contribution in [0.15, 0.2) is 11.6 Å². The monoisotopic (exact) mass is 1130 g/mol. The SMILES string of the molecule is C[C@@H]1OC(CS(=O)(=O)O)[C@@H](O[C@@H]2OC(C(=O)O)[C@@H](OC[C@H]3CC(CS(=O)(=O)O)[C@@H](O[C@@H]4CC(C(=O)O)=C[C@@H](O)C4NS(=O)(=O)O)[C@@H](O)C3NS(=O)(=O)O)[C@@H](O)C2NS(=O)(=O)O)[C@@H](O)C1NS(=O)(=O)O. The molecule has 2 aliphatic carbocycles. The van der Waals surface area contributed by atoms with E-state index in [9.17, 15) is 118 Å². The molecular weight excluding hydrogens is 1080 g/mol. The minimum Gasteiger partial charge on any atom is -0.479 e. The van der Waals surface area contributed by atoms with Crippen LogP contribution in [-0.2, 0) is 94.7 Å². The largest absolute Gasteiger partial charge is 0.479 e. The molecule has 41 heteroatoms. The number of rotatable bonds is 21. The molecule has 69 heavy (non-hydrogen) atoms. The number of carbonyl (C=O) groups is 2. The lowest BCUT2D eigenvalue weighted by atomic mass is 9.75. The Hall–Kier alpha value is -2.38. The summed E-state index contributed by atoms with van der Waals surface area (Å²) in [6.07, 6.45) is -28.8. The molecule has 0 aromatic heterocycles. The molecule has 0 aromatic carbocycles. The van der Waals surface area contributed by atoms with E-state index >= 15 is 0 Å². The second kappa shape index (κ2) is 22.0. The zero-order valence-corrected chi connectivity index (χ0v) is 39.5. The van der Waals surface area contributed by atoms with Crippen molar-refractivity contribution in [3.63, 3.8) is 0 Å². The van der Waals surface area contributed by atoms with Crippen LogP contribution < -0.4 is 18.9 Å². The van der Waals surface area contributed by atoms with E-state index in [-0.39, 0.29) is 0 Å². The molecule has 16 N–H and O–H groups in total. The van der Waals surface area contributed by atoms with Crippen LogP contribution in [0, 0.1) is 11.8 Å². The van der Waals surface area contributed by atoms with Gasteiger partial charge >= 0.3 is 53.2 Å². The van der Waals surface area contributed by atoms with E-state index < -0.39 is 219 Å². The molecule has 0 radical (unpaired) electrons. The summed E-state index contributed by atoms with van der Waals surface area (Å²) in [5.74, 6) is -10.4. The van der Waals surface area contributed by atoms with Crippen LogP contribution in [0.3, 0.4) is 0 Å². The van der Waals surface area contributed by atoms with Gasteiger partial charge in [0.2, 0.25) is 0 Å². The predicted molar refractivity (Wildman–Crippen MR) is 217 cm³/mol. The number of aliphatic hydroxyl groups excluding tert-OH is 4. The Bertz CT molecular complexity index is 2600. The normalized spacial score (nSPS) is 37.7. The first-order chi connectivity index (χ1) is 31.1. The zero-order chi connectivity index (χ0) is 52.7. The molecule has 0 aromatic rings. The third-order valence-corrected chi connectivity index (χ3v) is 14.8. The minimum atomic E-state index is -5.59. The first kappa shape index (κ1) is 59.2. The molecule has 35 nitrogen and oxygen atoms in total. The van der Waals surface area contributed by atoms with Crippen LogP contribution in [-0.4, -0.2) is 236 Å². The van der Waals surface area contributed by atoms with Crippen molar-refractivity contribution in [1.82, 2.24) is 18.9 Å². The van der Waals surface area contributed by atoms with Crippen molar-refractivity contribution in [2.45, 2.75) is 117 Å². The number of carboxylic acid groups (broad SMARTS) is 2. The van der Waals surface area contributed by atoms with Crippen molar-refractivity contribution in [1.29, 1.82) is 0 Å². The average molecular weight is 1130 g/mol. The van der Waals surface area contributed by atoms with E-state index in [0.29, 0.717) is 6.08 Å². The van der Waals surface area contributed by atoms with Gasteiger partial charge in [-0.05, 0) is 19.4 Å². The fourth-order valence-corrected chi connectivity index (χ4v) is 12.5. The summed E-state index contributed by atoms with van der Waals surface area (Å²) < 4.78 is 235. The lowest BCUT2D eigenvalue weighted by Crippen LogP contribution is -2.69. The van der Waals surface area contributed by atoms with E-state index in [2.05, 4.69) is 0 Å². The molecule has 0 spiro atoms. The van der Waals surface area contributed by atoms with Crippen molar-refractivity contribution < 1.29 is 142 Å². The van der Waals surface area contributed by atoms with Gasteiger partial charge in [-0.2, -0.15) is 69.4 Å². The maximum Gasteiger partial charge on any atom is 0.335 e. The maximum absolute atomic E-state index is 12.7. The number of aliphatic hydroxyl groups is 4. The molecule has 4 rings (SSSR count). The summed E-state index contributed by atoms with van der Waals surface area (Å²) in [5, 5.41) is 64.6. The molecule has 2 saturated heterocycles. The van der Waals surface area contributed by atoms with Crippen LogP contribution in [0.4, 0.5) is 0 Å². The molecule has 2 aliphatic heterocycles. The molecule has 2 heterocycles. The predicted octanol–water partition coefficient (Wildman–Crippen LogP) is -8.58. The molecule has 3 fully saturated rings. The summed E-state index contributed by atoms with van der Waals surface area (Å²) in [4.78, 5) is 24.5. The van der Waals surface area contributed by atoms with Crippen molar-refractivity contribution in [3.05, 3.63) is 11.6 Å². The lowest BCUT2D eigenvalue weighted by Gasteiger charge is -2.48. The number of hydrogen-bond donors (Lipinski definition) is 16. The summed E-state index contributed by atoms with van der Waals surface area (Å²) in [7, 11) is -31.9. The highest BCUT2D eigenvalue weighted by molar-refractivity contribution is 7.86. The summed E-state index contributed by atoms with van der Waals surface area (Å²) in [5.41, 5.74) is -0.666. The fourth-order valence-electron chi connectivity index (χ4n) is 8.34. The number of carboxylic acids is 2. The first-order valence-electron chi connectivity index (χ1n) is 19.1. The highest BCUT2D eigenvalue weighted by Gasteiger charge is 2.56. The quantitative estimate of drug-likeness (QED) is 0.0475. The Kier molecular flexibility index (Phi) is 18.9. The number of aliphatic carboxylic acids is 2. The Morgan fingerprint density at radius 2 is 1.10 bits per heavy atom. The van der Waals surface area contributed by atoms with Crippen molar-refractivity contribution in [2.24, 2.45) is 11.8 Å². The Balaban J connectivity index is 1.74. The highest BCUT2D eigenvalue weighted by Crippen LogP contribution is 2.38. The Morgan fingerprint density at radius 3 is 1.59 bits per heavy atom. The second-order valence-corrected chi connectivity index (χ2v) is 23.8. The third-order valence-electron chi connectivity index (χ3n) is 11.0. The molecule has 0 amide bonds. The van der Waals surface area contributed by atoms with E-state index in [0.717, 1.165) is 6.92 Å². The molecule has 402 valence electrons. The van der Waals surface area contributed by atoms with E-state index in [1.165, 1.54) is 9.44 Å². The topological polar surface area (TPSA) is 576 Å². The zero-order valence-electron chi connectivity index (χ0n) is 34.6. The summed E-state index contributed by atoms with van der Waals surface area (Å²) >= 11 is 0. The van der Waals surface area contributed by atoms with E-state index in [1.54, 1.807) is 9.44 Å². The van der Waals surface area contributed by atoms with Crippen LogP contribution in [0.25, 0.3) is 0 Å². The van der Waals surface area contributed by atoms with Gasteiger partial charge in [0.1, 0.15) is 42.3 Å². The Morgan fingerprint density at radius 1 is 0.623 bits per heavy atom. The van der Waals surface area contributed by atoms with Gasteiger partial charge in [-0.25, -0.2) is 9.59 Å². The molecule has 18 atom stereocenters. The van der Waals surface area contributed by atoms with Crippen molar-refractivity contribution in [3.8, 4) is 0 Å². The standard InChI is InChI=1S/C28H48N4O31S6/c1-8-15(29-66(47,48)49)19(34)23(14(60-8)7-65(44,45)46)62-28-18(32-69(56,57)58)21(36)24(25(63-28)27(39)40)59-5-10-2-11(6-64(41,42)43)22(20(35)16(10)30-67(50,51)52)61-13-4-9(26(37)38)3-12(33)17(13)31-68(53,54)55/h3,8,10-25,28-36H,2,4-7H2,1H3,(H,37,38)(H,39,40)(H,41,42,43)(H,44,45,46)(H,47,48,49)(H,50,51,52)(H,53,54,55)(H,56,57,58)/t8-,10+,11?,12+,13+,14?,15?,16?,17?,18?,19-,20-,21-,22+,23+,24-,25?,28+/m0/s1. The molecule has 4 aliphatic rings. The molecular formula is C28H48N4O31S6. The van der Waals surface area contributed by atoms with Crippen LogP contribution in [0.2, 0.25) is 0 Å². The first-order valence-corrected chi connectivity index (χ1v) is 28.1. The lowest BCUT2D eigenvalue weighted by molar-refractivity contribution is -0.308. The van der Waals surface area contributed by atoms with Gasteiger partial charge in [0, 0.05) is 23.8 Å². The van der Waals surface area contributed by atoms with Crippen LogP contribution in [0.5, 0.6) is 0 Å². The highest BCUT2D eigenvalue weighted by atomic mass is 32.3. The maximum atomic E-state index is 12.7. The summed E-state index contributed by atoms with van der Waals surface area (Å²) in [6, 6.07) is -8.76. The van der Waals surface area contributed by atoms with Crippen molar-refractivity contribution in [2.75, 3.05) is 18.1 Å². The van der Waals surface area contributed by atoms with Gasteiger partial charge in [-0.3, -0.25) is 27.3 Å². The van der Waals surface area contributed by atoms with Gasteiger partial charge < -0.3 is 54.3 Å². The fraction of sp³-hybridized carbons (Fsp3) is 0.857. The molecule has 0 bridgehead atoms. The molecule has 1 saturated carbocycles. The van der Waals surface area contributed by atoms with Gasteiger partial charge in [-0.1, -0.05) is 0 Å². The minimum absolute atomic E-state index is 0.627.